The molecule has 0 bridgehead atoms. The van der Waals surface area contributed by atoms with E-state index in [1.54, 1.807) is 0 Å². The second-order valence-electron chi connectivity index (χ2n) is 3.32. The first kappa shape index (κ1) is 11.6. The fraction of sp³-hybridized carbons (Fsp3) is 0.273. The van der Waals surface area contributed by atoms with E-state index in [-0.39, 0.29) is 0 Å². The molecule has 1 nitrogen and oxygen atoms in total. The van der Waals surface area contributed by atoms with Crippen molar-refractivity contribution in [2.45, 2.75) is 0 Å². The molecule has 0 radical (unpaired) electrons. The third kappa shape index (κ3) is 3.33. The molecule has 0 heterocycles. The molecule has 1 aromatic rings. The minimum atomic E-state index is 0.626. The summed E-state index contributed by atoms with van der Waals surface area (Å²) in [7, 11) is 3.91. The van der Waals surface area contributed by atoms with Gasteiger partial charge in [-0.25, -0.2) is 0 Å². The lowest BCUT2D eigenvalue weighted by Gasteiger charge is -2.10. The molecule has 0 unspecified atom stereocenters. The van der Waals surface area contributed by atoms with Crippen LogP contribution in [0.5, 0.6) is 0 Å². The van der Waals surface area contributed by atoms with Gasteiger partial charge in [-0.1, -0.05) is 53.5 Å². The molecule has 0 aromatic heterocycles. The Morgan fingerprint density at radius 3 is 2.21 bits per heavy atom. The van der Waals surface area contributed by atoms with Gasteiger partial charge in [-0.05, 0) is 19.7 Å². The zero-order chi connectivity index (χ0) is 10.6. The number of likely N-dealkylation sites (N-methyl/N-ethyl adjacent to an activating group) is 1. The molecule has 0 N–H and O–H groups in total. The van der Waals surface area contributed by atoms with Crippen LogP contribution in [0, 0.1) is 0 Å². The molecule has 0 saturated carbocycles. The van der Waals surface area contributed by atoms with Crippen LogP contribution < -0.4 is 0 Å². The monoisotopic (exact) mass is 229 g/mol. The Morgan fingerprint density at radius 1 is 1.14 bits per heavy atom. The number of benzene rings is 1. The maximum Gasteiger partial charge on any atom is 0.0636 e. The van der Waals surface area contributed by atoms with E-state index in [9.17, 15) is 0 Å². The first-order valence-electron chi connectivity index (χ1n) is 4.35. The molecule has 0 aliphatic heterocycles. The van der Waals surface area contributed by atoms with Crippen molar-refractivity contribution in [2.75, 3.05) is 20.6 Å². The molecule has 0 aliphatic carbocycles. The van der Waals surface area contributed by atoms with E-state index in [0.717, 1.165) is 5.56 Å². The van der Waals surface area contributed by atoms with Gasteiger partial charge in [0.1, 0.15) is 0 Å². The Bertz CT molecular complexity index is 317. The zero-order valence-electron chi connectivity index (χ0n) is 8.30. The van der Waals surface area contributed by atoms with Crippen molar-refractivity contribution in [3.05, 3.63) is 40.9 Å². The smallest absolute Gasteiger partial charge is 0.0636 e. The van der Waals surface area contributed by atoms with Gasteiger partial charge in [0.15, 0.2) is 0 Å². The van der Waals surface area contributed by atoms with Gasteiger partial charge in [0.05, 0.1) is 10.1 Å². The van der Waals surface area contributed by atoms with Gasteiger partial charge in [-0.2, -0.15) is 0 Å². The second-order valence-corrected chi connectivity index (χ2v) is 4.16. The van der Waals surface area contributed by atoms with E-state index in [4.69, 9.17) is 23.2 Å². The van der Waals surface area contributed by atoms with E-state index >= 15 is 0 Å². The molecule has 1 rings (SSSR count). The lowest BCUT2D eigenvalue weighted by Crippen LogP contribution is -2.13. The lowest BCUT2D eigenvalue weighted by atomic mass is 10.2. The second kappa shape index (κ2) is 5.40. The minimum absolute atomic E-state index is 0.626. The normalized spacial score (nSPS) is 12.9. The Hall–Kier alpha value is -0.500. The van der Waals surface area contributed by atoms with Crippen LogP contribution in [0.2, 0.25) is 0 Å². The van der Waals surface area contributed by atoms with Gasteiger partial charge in [0, 0.05) is 6.54 Å². The summed E-state index contributed by atoms with van der Waals surface area (Å²) >= 11 is 12.2. The molecule has 0 atom stereocenters. The standard InChI is InChI=1S/C11H13Cl2N/c1-14(2)8-10(12)11(13)9-6-4-3-5-7-9/h3-7H,8H2,1-2H3/b11-10-. The maximum absolute atomic E-state index is 6.12. The topological polar surface area (TPSA) is 3.24 Å². The predicted molar refractivity (Wildman–Crippen MR) is 63.6 cm³/mol. The van der Waals surface area contributed by atoms with Crippen molar-refractivity contribution >= 4 is 28.2 Å². The van der Waals surface area contributed by atoms with Crippen LogP contribution in [0.25, 0.3) is 5.03 Å². The van der Waals surface area contributed by atoms with Crippen LogP contribution in [-0.4, -0.2) is 25.5 Å². The largest absolute Gasteiger partial charge is 0.304 e. The maximum atomic E-state index is 6.12. The van der Waals surface area contributed by atoms with E-state index in [1.807, 2.05) is 49.3 Å². The average Bonchev–Trinajstić information content (AvgIpc) is 2.17. The summed E-state index contributed by atoms with van der Waals surface area (Å²) in [4.78, 5) is 1.98. The van der Waals surface area contributed by atoms with Crippen LogP contribution in [0.3, 0.4) is 0 Å². The highest BCUT2D eigenvalue weighted by molar-refractivity contribution is 6.54. The lowest BCUT2D eigenvalue weighted by molar-refractivity contribution is 0.453. The fourth-order valence-corrected chi connectivity index (χ4v) is 1.62. The van der Waals surface area contributed by atoms with E-state index in [2.05, 4.69) is 0 Å². The van der Waals surface area contributed by atoms with Crippen LogP contribution in [-0.2, 0) is 0 Å². The molecule has 1 aromatic carbocycles. The highest BCUT2D eigenvalue weighted by atomic mass is 35.5. The Labute approximate surface area is 94.9 Å². The third-order valence-electron chi connectivity index (χ3n) is 1.72. The van der Waals surface area contributed by atoms with Crippen LogP contribution >= 0.6 is 23.2 Å². The molecule has 0 fully saturated rings. The van der Waals surface area contributed by atoms with E-state index in [0.29, 0.717) is 16.6 Å². The SMILES string of the molecule is CN(C)C/C(Cl)=C(/Cl)c1ccccc1. The van der Waals surface area contributed by atoms with Crippen LogP contribution in [0.1, 0.15) is 5.56 Å². The molecule has 0 saturated heterocycles. The van der Waals surface area contributed by atoms with Crippen LogP contribution in [0.4, 0.5) is 0 Å². The molecule has 0 aliphatic rings. The summed E-state index contributed by atoms with van der Waals surface area (Å²) < 4.78 is 0. The number of rotatable bonds is 3. The van der Waals surface area contributed by atoms with E-state index in [1.165, 1.54) is 0 Å². The van der Waals surface area contributed by atoms with Gasteiger partial charge in [0.2, 0.25) is 0 Å². The van der Waals surface area contributed by atoms with Crippen molar-refractivity contribution in [1.82, 2.24) is 4.90 Å². The van der Waals surface area contributed by atoms with Gasteiger partial charge in [-0.15, -0.1) is 0 Å². The number of halogens is 2. The first-order chi connectivity index (χ1) is 6.61. The third-order valence-corrected chi connectivity index (χ3v) is 2.57. The van der Waals surface area contributed by atoms with Crippen molar-refractivity contribution in [3.8, 4) is 0 Å². The summed E-state index contributed by atoms with van der Waals surface area (Å²) in [5.74, 6) is 0. The molecule has 0 spiro atoms. The molecule has 3 heteroatoms. The summed E-state index contributed by atoms with van der Waals surface area (Å²) in [6.07, 6.45) is 0. The van der Waals surface area contributed by atoms with Gasteiger partial charge in [0.25, 0.3) is 0 Å². The Balaban J connectivity index is 2.87. The van der Waals surface area contributed by atoms with Crippen molar-refractivity contribution < 1.29 is 0 Å². The molecular weight excluding hydrogens is 217 g/mol. The zero-order valence-corrected chi connectivity index (χ0v) is 9.81. The predicted octanol–water partition coefficient (Wildman–Crippen LogP) is 3.39. The molecule has 14 heavy (non-hydrogen) atoms. The minimum Gasteiger partial charge on any atom is -0.304 e. The first-order valence-corrected chi connectivity index (χ1v) is 5.11. The highest BCUT2D eigenvalue weighted by Gasteiger charge is 2.04. The van der Waals surface area contributed by atoms with Crippen molar-refractivity contribution in [2.24, 2.45) is 0 Å². The molecule has 0 amide bonds. The fourth-order valence-electron chi connectivity index (χ4n) is 1.09. The number of nitrogens with zero attached hydrogens (tertiary/aromatic N) is 1. The summed E-state index contributed by atoms with van der Waals surface area (Å²) in [6.45, 7) is 0.662. The van der Waals surface area contributed by atoms with Crippen LogP contribution in [0.15, 0.2) is 35.4 Å². The molecular formula is C11H13Cl2N. The Morgan fingerprint density at radius 2 is 1.71 bits per heavy atom. The molecule has 76 valence electrons. The summed E-state index contributed by atoms with van der Waals surface area (Å²) in [5.41, 5.74) is 0.959. The average molecular weight is 230 g/mol. The van der Waals surface area contributed by atoms with Crippen molar-refractivity contribution in [3.63, 3.8) is 0 Å². The van der Waals surface area contributed by atoms with Gasteiger partial charge < -0.3 is 4.90 Å². The summed E-state index contributed by atoms with van der Waals surface area (Å²) in [6, 6.07) is 9.73. The number of hydrogen-bond donors (Lipinski definition) is 0. The highest BCUT2D eigenvalue weighted by Crippen LogP contribution is 2.25. The summed E-state index contributed by atoms with van der Waals surface area (Å²) in [5, 5.41) is 1.30. The number of hydrogen-bond acceptors (Lipinski definition) is 1. The van der Waals surface area contributed by atoms with E-state index < -0.39 is 0 Å². The van der Waals surface area contributed by atoms with Crippen molar-refractivity contribution in [1.29, 1.82) is 0 Å². The Kier molecular flexibility index (Phi) is 4.46. The quantitative estimate of drug-likeness (QED) is 0.769. The van der Waals surface area contributed by atoms with Gasteiger partial charge >= 0.3 is 0 Å². The van der Waals surface area contributed by atoms with Gasteiger partial charge in [-0.3, -0.25) is 0 Å².